The molecule has 1 heterocycles. The van der Waals surface area contributed by atoms with Crippen LogP contribution in [-0.2, 0) is 9.08 Å². The molecule has 0 saturated heterocycles. The second-order valence-electron chi connectivity index (χ2n) is 5.69. The molecule has 0 N–H and O–H groups in total. The lowest BCUT2D eigenvalue weighted by atomic mass is 10.1. The lowest BCUT2D eigenvalue weighted by Crippen LogP contribution is -2.50. The molecule has 5 heteroatoms. The molecule has 1 rings (SSSR count). The molecule has 0 fully saturated rings. The maximum Gasteiger partial charge on any atom is 0.332 e. The van der Waals surface area contributed by atoms with Crippen molar-refractivity contribution >= 4 is 22.6 Å². The van der Waals surface area contributed by atoms with Crippen LogP contribution in [0.15, 0.2) is 15.8 Å². The number of nitrogens with zero attached hydrogens (tertiary/aromatic N) is 2. The Bertz CT molecular complexity index is 542. The van der Waals surface area contributed by atoms with Gasteiger partial charge >= 0.3 is 5.69 Å². The van der Waals surface area contributed by atoms with Gasteiger partial charge in [-0.05, 0) is 41.5 Å². The Balaban J connectivity index is 3.81. The van der Waals surface area contributed by atoms with Crippen LogP contribution >= 0.6 is 22.6 Å². The van der Waals surface area contributed by atoms with E-state index in [2.05, 4.69) is 22.6 Å². The predicted molar refractivity (Wildman–Crippen MR) is 78.0 cm³/mol. The number of hydrogen-bond acceptors (Lipinski definition) is 2. The molecule has 0 atom stereocenters. The summed E-state index contributed by atoms with van der Waals surface area (Å²) < 4.78 is 2.57. The van der Waals surface area contributed by atoms with Crippen molar-refractivity contribution in [2.45, 2.75) is 50.6 Å². The minimum Gasteiger partial charge on any atom is -0.286 e. The first kappa shape index (κ1) is 14.5. The van der Waals surface area contributed by atoms with Crippen molar-refractivity contribution in [1.29, 1.82) is 0 Å². The zero-order chi connectivity index (χ0) is 13.6. The fraction of sp³-hybridized carbons (Fsp3) is 0.667. The second kappa shape index (κ2) is 4.26. The van der Waals surface area contributed by atoms with Gasteiger partial charge in [0.25, 0.3) is 5.56 Å². The molecule has 0 spiro atoms. The van der Waals surface area contributed by atoms with Crippen molar-refractivity contribution in [2.75, 3.05) is 0 Å². The molecule has 0 bridgehead atoms. The van der Waals surface area contributed by atoms with Gasteiger partial charge in [0.2, 0.25) is 0 Å². The minimum atomic E-state index is -0.510. The van der Waals surface area contributed by atoms with Crippen LogP contribution in [0.25, 0.3) is 0 Å². The topological polar surface area (TPSA) is 44.0 Å². The van der Waals surface area contributed by atoms with E-state index in [1.165, 1.54) is 4.57 Å². The summed E-state index contributed by atoms with van der Waals surface area (Å²) >= 11 is 2.19. The van der Waals surface area contributed by atoms with Gasteiger partial charge in [-0.1, -0.05) is 22.6 Å². The van der Waals surface area contributed by atoms with Crippen molar-refractivity contribution in [2.24, 2.45) is 0 Å². The molecule has 0 aromatic carbocycles. The highest BCUT2D eigenvalue weighted by Gasteiger charge is 2.25. The largest absolute Gasteiger partial charge is 0.332 e. The van der Waals surface area contributed by atoms with Crippen LogP contribution in [0.5, 0.6) is 0 Å². The quantitative estimate of drug-likeness (QED) is 0.576. The minimum absolute atomic E-state index is 0.209. The standard InChI is InChI=1S/C12H19IN2O2/c1-8-7-14(12(5,6)13)10(17)15(9(8)16)11(2,3)4/h7H,1-6H3. The SMILES string of the molecule is Cc1cn(C(C)(C)I)c(=O)n(C(C)(C)C)c1=O. The van der Waals surface area contributed by atoms with E-state index in [1.807, 2.05) is 34.6 Å². The first-order valence-corrected chi connectivity index (χ1v) is 6.59. The van der Waals surface area contributed by atoms with Gasteiger partial charge in [0.1, 0.15) is 0 Å². The number of alkyl halides is 1. The lowest BCUT2D eigenvalue weighted by molar-refractivity contribution is 0.343. The Kier molecular flexibility index (Phi) is 3.63. The summed E-state index contributed by atoms with van der Waals surface area (Å²) in [4.78, 5) is 24.4. The van der Waals surface area contributed by atoms with Crippen LogP contribution in [0.4, 0.5) is 0 Å². The van der Waals surface area contributed by atoms with Gasteiger partial charge < -0.3 is 0 Å². The third-order valence-electron chi connectivity index (χ3n) is 2.50. The second-order valence-corrected chi connectivity index (χ2v) is 8.33. The van der Waals surface area contributed by atoms with Gasteiger partial charge in [0, 0.05) is 17.3 Å². The lowest BCUT2D eigenvalue weighted by Gasteiger charge is -2.27. The van der Waals surface area contributed by atoms with E-state index in [-0.39, 0.29) is 14.8 Å². The Morgan fingerprint density at radius 2 is 1.59 bits per heavy atom. The van der Waals surface area contributed by atoms with E-state index < -0.39 is 5.54 Å². The molecule has 0 radical (unpaired) electrons. The van der Waals surface area contributed by atoms with Crippen LogP contribution in [0.1, 0.15) is 40.2 Å². The van der Waals surface area contributed by atoms with Crippen molar-refractivity contribution < 1.29 is 0 Å². The maximum atomic E-state index is 12.4. The molecule has 17 heavy (non-hydrogen) atoms. The van der Waals surface area contributed by atoms with Crippen LogP contribution in [0.3, 0.4) is 0 Å². The van der Waals surface area contributed by atoms with Crippen LogP contribution in [0.2, 0.25) is 0 Å². The zero-order valence-corrected chi connectivity index (χ0v) is 13.3. The summed E-state index contributed by atoms with van der Waals surface area (Å²) in [6, 6.07) is 0. The van der Waals surface area contributed by atoms with Gasteiger partial charge in [-0.25, -0.2) is 4.79 Å². The monoisotopic (exact) mass is 350 g/mol. The highest BCUT2D eigenvalue weighted by Crippen LogP contribution is 2.21. The summed E-state index contributed by atoms with van der Waals surface area (Å²) in [6.07, 6.45) is 1.64. The number of aromatic nitrogens is 2. The summed E-state index contributed by atoms with van der Waals surface area (Å²) in [7, 11) is 0. The third-order valence-corrected chi connectivity index (χ3v) is 3.02. The molecule has 0 saturated carbocycles. The summed E-state index contributed by atoms with van der Waals surface area (Å²) in [6.45, 7) is 11.2. The highest BCUT2D eigenvalue weighted by molar-refractivity contribution is 14.1. The normalized spacial score (nSPS) is 12.9. The Morgan fingerprint density at radius 3 is 1.94 bits per heavy atom. The van der Waals surface area contributed by atoms with E-state index in [9.17, 15) is 9.59 Å². The molecular formula is C12H19IN2O2. The van der Waals surface area contributed by atoms with Gasteiger partial charge in [-0.2, -0.15) is 0 Å². The van der Waals surface area contributed by atoms with Gasteiger partial charge in [0.05, 0.1) is 3.55 Å². The fourth-order valence-electron chi connectivity index (χ4n) is 1.65. The molecule has 0 unspecified atom stereocenters. The number of halogens is 1. The van der Waals surface area contributed by atoms with Gasteiger partial charge in [-0.15, -0.1) is 0 Å². The number of rotatable bonds is 1. The first-order valence-electron chi connectivity index (χ1n) is 5.51. The van der Waals surface area contributed by atoms with E-state index in [4.69, 9.17) is 0 Å². The summed E-state index contributed by atoms with van der Waals surface area (Å²) in [5, 5.41) is 0. The Labute approximate surface area is 115 Å². The van der Waals surface area contributed by atoms with E-state index in [0.717, 1.165) is 0 Å². The number of aryl methyl sites for hydroxylation is 1. The van der Waals surface area contributed by atoms with Gasteiger partial charge in [-0.3, -0.25) is 13.9 Å². The van der Waals surface area contributed by atoms with Crippen molar-refractivity contribution in [3.8, 4) is 0 Å². The summed E-state index contributed by atoms with van der Waals surface area (Å²) in [5.41, 5.74) is -0.389. The predicted octanol–water partition coefficient (Wildman–Crippen LogP) is 2.20. The molecule has 96 valence electrons. The number of hydrogen-bond donors (Lipinski definition) is 0. The van der Waals surface area contributed by atoms with Gasteiger partial charge in [0.15, 0.2) is 0 Å². The van der Waals surface area contributed by atoms with Crippen LogP contribution in [0, 0.1) is 6.92 Å². The maximum absolute atomic E-state index is 12.4. The first-order chi connectivity index (χ1) is 7.46. The van der Waals surface area contributed by atoms with E-state index >= 15 is 0 Å². The van der Waals surface area contributed by atoms with Crippen molar-refractivity contribution in [3.05, 3.63) is 32.6 Å². The van der Waals surface area contributed by atoms with E-state index in [0.29, 0.717) is 5.56 Å². The fourth-order valence-corrected chi connectivity index (χ4v) is 1.99. The van der Waals surface area contributed by atoms with Crippen LogP contribution < -0.4 is 11.2 Å². The highest BCUT2D eigenvalue weighted by atomic mass is 127. The Morgan fingerprint density at radius 1 is 1.12 bits per heavy atom. The van der Waals surface area contributed by atoms with E-state index in [1.54, 1.807) is 17.7 Å². The smallest absolute Gasteiger partial charge is 0.286 e. The molecule has 4 nitrogen and oxygen atoms in total. The third kappa shape index (κ3) is 2.81. The zero-order valence-electron chi connectivity index (χ0n) is 11.2. The average molecular weight is 350 g/mol. The summed E-state index contributed by atoms with van der Waals surface area (Å²) in [5.74, 6) is 0. The molecule has 0 aliphatic carbocycles. The molecule has 0 aliphatic heterocycles. The van der Waals surface area contributed by atoms with Crippen molar-refractivity contribution in [1.82, 2.24) is 9.13 Å². The van der Waals surface area contributed by atoms with Crippen molar-refractivity contribution in [3.63, 3.8) is 0 Å². The average Bonchev–Trinajstić information content (AvgIpc) is 2.07. The van der Waals surface area contributed by atoms with Crippen LogP contribution in [-0.4, -0.2) is 9.13 Å². The molecule has 0 aliphatic rings. The molecule has 0 amide bonds. The molecule has 1 aromatic heterocycles. The molecular weight excluding hydrogens is 331 g/mol. The molecule has 1 aromatic rings. The Hall–Kier alpha value is -0.590.